The Bertz CT molecular complexity index is 1950. The first-order valence-corrected chi connectivity index (χ1v) is 16.5. The van der Waals surface area contributed by atoms with Gasteiger partial charge in [-0.2, -0.15) is 0 Å². The van der Waals surface area contributed by atoms with Crippen molar-refractivity contribution in [1.29, 1.82) is 0 Å². The second-order valence-electron chi connectivity index (χ2n) is 11.9. The molecule has 50 heavy (non-hydrogen) atoms. The van der Waals surface area contributed by atoms with Gasteiger partial charge in [-0.3, -0.25) is 10.2 Å². The molecule has 0 fully saturated rings. The van der Waals surface area contributed by atoms with Crippen molar-refractivity contribution in [3.05, 3.63) is 172 Å². The predicted octanol–water partition coefficient (Wildman–Crippen LogP) is 7.25. The van der Waals surface area contributed by atoms with Crippen molar-refractivity contribution < 1.29 is 19.4 Å². The quantitative estimate of drug-likeness (QED) is 0.0355. The molecule has 1 aliphatic heterocycles. The number of benzene rings is 5. The van der Waals surface area contributed by atoms with E-state index in [9.17, 15) is 4.79 Å². The van der Waals surface area contributed by atoms with Crippen LogP contribution in [0.15, 0.2) is 144 Å². The highest BCUT2D eigenvalue weighted by molar-refractivity contribution is 6.01. The van der Waals surface area contributed by atoms with Crippen molar-refractivity contribution in [2.75, 3.05) is 13.2 Å². The summed E-state index contributed by atoms with van der Waals surface area (Å²) in [6.45, 7) is 0.972. The van der Waals surface area contributed by atoms with E-state index in [2.05, 4.69) is 33.0 Å². The zero-order valence-electron chi connectivity index (χ0n) is 27.5. The minimum atomic E-state index is -1.46. The minimum absolute atomic E-state index is 0.0484. The van der Waals surface area contributed by atoms with E-state index in [0.29, 0.717) is 36.8 Å². The summed E-state index contributed by atoms with van der Waals surface area (Å²) in [4.78, 5) is 22.8. The van der Waals surface area contributed by atoms with E-state index < -0.39 is 11.6 Å². The zero-order chi connectivity index (χ0) is 34.6. The van der Waals surface area contributed by atoms with Gasteiger partial charge in [0.1, 0.15) is 5.75 Å². The molecule has 5 aromatic rings. The van der Waals surface area contributed by atoms with Gasteiger partial charge in [0.15, 0.2) is 11.6 Å². The Morgan fingerprint density at radius 3 is 2.18 bits per heavy atom. The van der Waals surface area contributed by atoms with Crippen molar-refractivity contribution in [1.82, 2.24) is 10.9 Å². The van der Waals surface area contributed by atoms with E-state index in [1.54, 1.807) is 0 Å². The van der Waals surface area contributed by atoms with Gasteiger partial charge in [0.05, 0.1) is 13.2 Å². The average Bonchev–Trinajstić information content (AvgIpc) is 3.56. The molecule has 0 unspecified atom stereocenters. The number of azide groups is 1. The fourth-order valence-corrected chi connectivity index (χ4v) is 5.98. The van der Waals surface area contributed by atoms with Gasteiger partial charge in [-0.25, -0.2) is 10.4 Å². The van der Waals surface area contributed by atoms with Gasteiger partial charge in [0, 0.05) is 36.5 Å². The normalized spacial score (nSPS) is 16.5. The number of aliphatic imine (C=N–C) groups is 1. The standard InChI is InChI=1S/C40H38N6O4/c41-46-43-28-35-15-8-7-14-34(35)26-40(39(48)45-42-27-29-10-3-1-4-11-29)37(32-18-16-31(17-19-32)30-12-5-2-6-13-30)50-38(44-40)33-20-22-36(23-21-33)49-25-9-24-47/h1-8,10-23,37,42,47H,9,24-28H2,(H,45,48)/t37-,40-/m0/s1. The molecule has 1 amide bonds. The first-order chi connectivity index (χ1) is 24.6. The number of hydrogen-bond donors (Lipinski definition) is 3. The van der Waals surface area contributed by atoms with E-state index in [4.69, 9.17) is 25.1 Å². The molecule has 0 saturated heterocycles. The molecule has 1 aliphatic rings. The Balaban J connectivity index is 1.41. The molecule has 3 N–H and O–H groups in total. The fraction of sp³-hybridized carbons (Fsp3) is 0.200. The van der Waals surface area contributed by atoms with Crippen LogP contribution >= 0.6 is 0 Å². The number of carbonyl (C=O) groups is 1. The third-order valence-corrected chi connectivity index (χ3v) is 8.57. The lowest BCUT2D eigenvalue weighted by Gasteiger charge is -2.31. The molecule has 2 atom stereocenters. The fourth-order valence-electron chi connectivity index (χ4n) is 5.98. The number of hydrogen-bond acceptors (Lipinski definition) is 7. The van der Waals surface area contributed by atoms with Crippen molar-refractivity contribution in [2.24, 2.45) is 10.1 Å². The highest BCUT2D eigenvalue weighted by Crippen LogP contribution is 2.43. The van der Waals surface area contributed by atoms with E-state index in [1.807, 2.05) is 121 Å². The first kappa shape index (κ1) is 34.0. The summed E-state index contributed by atoms with van der Waals surface area (Å²) in [5.41, 5.74) is 19.8. The predicted molar refractivity (Wildman–Crippen MR) is 193 cm³/mol. The van der Waals surface area contributed by atoms with Crippen LogP contribution in [0.25, 0.3) is 21.6 Å². The lowest BCUT2D eigenvalue weighted by atomic mass is 9.80. The van der Waals surface area contributed by atoms with Crippen LogP contribution in [0.5, 0.6) is 5.75 Å². The van der Waals surface area contributed by atoms with Crippen molar-refractivity contribution in [2.45, 2.75) is 37.6 Å². The molecule has 0 saturated carbocycles. The molecule has 0 bridgehead atoms. The summed E-state index contributed by atoms with van der Waals surface area (Å²) >= 11 is 0. The van der Waals surface area contributed by atoms with Gasteiger partial charge >= 0.3 is 0 Å². The van der Waals surface area contributed by atoms with Gasteiger partial charge in [-0.15, -0.1) is 0 Å². The molecule has 1 heterocycles. The number of nitrogens with zero attached hydrogens (tertiary/aromatic N) is 4. The number of rotatable bonds is 15. The summed E-state index contributed by atoms with van der Waals surface area (Å²) in [5, 5.41) is 12.9. The summed E-state index contributed by atoms with van der Waals surface area (Å²) < 4.78 is 12.5. The third-order valence-electron chi connectivity index (χ3n) is 8.57. The third kappa shape index (κ3) is 8.02. The Hall–Kier alpha value is -5.93. The van der Waals surface area contributed by atoms with Crippen LogP contribution < -0.4 is 15.6 Å². The SMILES string of the molecule is [N-]=[N+]=NCc1ccccc1C[C@]1(C(=O)NNCc2ccccc2)N=C(c2ccc(OCCCO)cc2)O[C@H]1c1ccc(-c2ccccc2)cc1. The lowest BCUT2D eigenvalue weighted by Crippen LogP contribution is -2.53. The molecule has 10 nitrogen and oxygen atoms in total. The number of aliphatic hydroxyl groups excluding tert-OH is 1. The van der Waals surface area contributed by atoms with Crippen LogP contribution in [0.2, 0.25) is 0 Å². The van der Waals surface area contributed by atoms with Gasteiger partial charge in [-0.1, -0.05) is 114 Å². The van der Waals surface area contributed by atoms with Gasteiger partial charge in [0.25, 0.3) is 5.91 Å². The highest BCUT2D eigenvalue weighted by atomic mass is 16.5. The monoisotopic (exact) mass is 666 g/mol. The molecule has 0 aromatic heterocycles. The van der Waals surface area contributed by atoms with Crippen LogP contribution in [0.1, 0.15) is 40.3 Å². The molecule has 0 radical (unpaired) electrons. The molecule has 5 aromatic carbocycles. The molecule has 0 aliphatic carbocycles. The summed E-state index contributed by atoms with van der Waals surface area (Å²) in [6.07, 6.45) is -0.117. The Kier molecular flexibility index (Phi) is 11.2. The van der Waals surface area contributed by atoms with Crippen molar-refractivity contribution in [3.8, 4) is 16.9 Å². The summed E-state index contributed by atoms with van der Waals surface area (Å²) in [5.74, 6) is 0.591. The molecule has 10 heteroatoms. The topological polar surface area (TPSA) is 141 Å². The number of aliphatic hydroxyl groups is 1. The Morgan fingerprint density at radius 2 is 1.48 bits per heavy atom. The first-order valence-electron chi connectivity index (χ1n) is 16.5. The highest BCUT2D eigenvalue weighted by Gasteiger charge is 2.53. The molecule has 0 spiro atoms. The van der Waals surface area contributed by atoms with Crippen LogP contribution in [0.4, 0.5) is 0 Å². The lowest BCUT2D eigenvalue weighted by molar-refractivity contribution is -0.130. The minimum Gasteiger partial charge on any atom is -0.494 e. The van der Waals surface area contributed by atoms with E-state index in [0.717, 1.165) is 33.4 Å². The number of carbonyl (C=O) groups excluding carboxylic acids is 1. The van der Waals surface area contributed by atoms with Crippen molar-refractivity contribution >= 4 is 11.8 Å². The van der Waals surface area contributed by atoms with Crippen LogP contribution in [-0.4, -0.2) is 35.7 Å². The molecule has 6 rings (SSSR count). The van der Waals surface area contributed by atoms with E-state index >= 15 is 0 Å². The van der Waals surface area contributed by atoms with Crippen LogP contribution in [0.3, 0.4) is 0 Å². The number of nitrogens with one attached hydrogen (secondary N) is 2. The number of ether oxygens (including phenoxy) is 2. The second kappa shape index (κ2) is 16.5. The second-order valence-corrected chi connectivity index (χ2v) is 11.9. The molecule has 252 valence electrons. The summed E-state index contributed by atoms with van der Waals surface area (Å²) in [6, 6.07) is 42.8. The van der Waals surface area contributed by atoms with E-state index in [-0.39, 0.29) is 25.5 Å². The van der Waals surface area contributed by atoms with E-state index in [1.165, 1.54) is 0 Å². The van der Waals surface area contributed by atoms with Crippen LogP contribution in [-0.2, 0) is 29.0 Å². The van der Waals surface area contributed by atoms with Gasteiger partial charge in [-0.05, 0) is 63.2 Å². The average molecular weight is 667 g/mol. The molecular weight excluding hydrogens is 628 g/mol. The maximum Gasteiger partial charge on any atom is 0.266 e. The van der Waals surface area contributed by atoms with Crippen LogP contribution in [0, 0.1) is 0 Å². The smallest absolute Gasteiger partial charge is 0.266 e. The Morgan fingerprint density at radius 1 is 0.840 bits per heavy atom. The summed E-state index contributed by atoms with van der Waals surface area (Å²) in [7, 11) is 0. The van der Waals surface area contributed by atoms with Gasteiger partial charge < -0.3 is 14.6 Å². The Labute approximate surface area is 291 Å². The zero-order valence-corrected chi connectivity index (χ0v) is 27.5. The maximum absolute atomic E-state index is 14.7. The van der Waals surface area contributed by atoms with Gasteiger partial charge in [0.2, 0.25) is 5.90 Å². The maximum atomic E-state index is 14.7. The number of amides is 1. The molecular formula is C40H38N6O4. The number of hydrazine groups is 1. The van der Waals surface area contributed by atoms with Crippen molar-refractivity contribution in [3.63, 3.8) is 0 Å². The largest absolute Gasteiger partial charge is 0.494 e.